The number of rotatable bonds is 9. The smallest absolute Gasteiger partial charge is 0.387 e. The molecule has 0 aromatic heterocycles. The highest BCUT2D eigenvalue weighted by Crippen LogP contribution is 2.50. The van der Waals surface area contributed by atoms with E-state index in [0.717, 1.165) is 0 Å². The first-order valence-corrected chi connectivity index (χ1v) is 8.71. The molecule has 1 N–H and O–H groups in total. The monoisotopic (exact) mass is 350 g/mol. The number of ether oxygens (including phenoxy) is 3. The van der Waals surface area contributed by atoms with Crippen molar-refractivity contribution in [1.82, 2.24) is 0 Å². The first-order chi connectivity index (χ1) is 10.8. The van der Waals surface area contributed by atoms with E-state index in [1.165, 1.54) is 12.2 Å². The molecule has 0 spiro atoms. The Hall–Kier alpha value is -0.570. The summed E-state index contributed by atoms with van der Waals surface area (Å²) in [5, 5.41) is 10.2. The molecule has 2 fully saturated rings. The molecule has 0 unspecified atom stereocenters. The van der Waals surface area contributed by atoms with E-state index >= 15 is 0 Å². The highest BCUT2D eigenvalue weighted by Gasteiger charge is 2.54. The fourth-order valence-corrected chi connectivity index (χ4v) is 3.39. The van der Waals surface area contributed by atoms with Crippen LogP contribution in [-0.4, -0.2) is 55.3 Å². The van der Waals surface area contributed by atoms with Crippen LogP contribution in [0.3, 0.4) is 0 Å². The van der Waals surface area contributed by atoms with Crippen LogP contribution in [0.15, 0.2) is 25.3 Å². The van der Waals surface area contributed by atoms with Gasteiger partial charge in [0.25, 0.3) is 0 Å². The molecule has 0 bridgehead atoms. The van der Waals surface area contributed by atoms with Gasteiger partial charge in [0, 0.05) is 0 Å². The van der Waals surface area contributed by atoms with Gasteiger partial charge in [0.15, 0.2) is 12.1 Å². The van der Waals surface area contributed by atoms with Gasteiger partial charge in [0.05, 0.1) is 19.8 Å². The molecule has 2 rings (SSSR count). The first kappa shape index (κ1) is 18.8. The number of hydrogen-bond acceptors (Lipinski definition) is 8. The van der Waals surface area contributed by atoms with Crippen molar-refractivity contribution in [2.45, 2.75) is 44.2 Å². The lowest BCUT2D eigenvalue weighted by Crippen LogP contribution is -2.36. The zero-order valence-corrected chi connectivity index (χ0v) is 14.1. The van der Waals surface area contributed by atoms with Crippen molar-refractivity contribution in [2.75, 3.05) is 19.8 Å². The molecule has 9 heteroatoms. The summed E-state index contributed by atoms with van der Waals surface area (Å²) in [6.07, 6.45) is -0.231. The van der Waals surface area contributed by atoms with Crippen molar-refractivity contribution in [1.29, 1.82) is 0 Å². The average molecular weight is 350 g/mol. The number of phosphoric ester groups is 1. The van der Waals surface area contributed by atoms with E-state index in [1.54, 1.807) is 13.8 Å². The third-order valence-corrected chi connectivity index (χ3v) is 4.61. The van der Waals surface area contributed by atoms with Crippen LogP contribution >= 0.6 is 7.82 Å². The molecule has 23 heavy (non-hydrogen) atoms. The molecule has 0 aromatic rings. The van der Waals surface area contributed by atoms with E-state index in [4.69, 9.17) is 27.8 Å². The summed E-state index contributed by atoms with van der Waals surface area (Å²) in [7, 11) is -3.80. The lowest BCUT2D eigenvalue weighted by atomic mass is 10.1. The molecule has 2 aliphatic heterocycles. The SMILES string of the molecule is C=CCOP(=O)(OCC=C)OC[C@H]1O[C@@H]2OC(C)(C)O[C@@H]2[C@H]1O. The van der Waals surface area contributed by atoms with Gasteiger partial charge in [-0.25, -0.2) is 4.57 Å². The van der Waals surface area contributed by atoms with E-state index in [9.17, 15) is 9.67 Å². The van der Waals surface area contributed by atoms with Gasteiger partial charge in [-0.3, -0.25) is 13.6 Å². The summed E-state index contributed by atoms with van der Waals surface area (Å²) in [4.78, 5) is 0. The minimum absolute atomic E-state index is 0.00579. The standard InChI is InChI=1S/C14H23O8P/c1-5-7-17-23(16,18-8-6-2)19-9-10-11(15)12-13(20-10)22-14(3,4)21-12/h5-6,10-13,15H,1-2,7-9H2,3-4H3/t10-,11+,12-,13-/m1/s1. The summed E-state index contributed by atoms with van der Waals surface area (Å²) in [5.41, 5.74) is 0. The largest absolute Gasteiger partial charge is 0.475 e. The van der Waals surface area contributed by atoms with Crippen molar-refractivity contribution in [3.63, 3.8) is 0 Å². The Morgan fingerprint density at radius 1 is 1.17 bits per heavy atom. The quantitative estimate of drug-likeness (QED) is 0.497. The van der Waals surface area contributed by atoms with Crippen molar-refractivity contribution in [3.8, 4) is 0 Å². The molecular formula is C14H23O8P. The third kappa shape index (κ3) is 4.71. The topological polar surface area (TPSA) is 92.7 Å². The molecule has 4 atom stereocenters. The average Bonchev–Trinajstić information content (AvgIpc) is 2.94. The van der Waals surface area contributed by atoms with Crippen LogP contribution in [0.5, 0.6) is 0 Å². The number of aliphatic hydroxyl groups excluding tert-OH is 1. The van der Waals surface area contributed by atoms with E-state index < -0.39 is 38.2 Å². The summed E-state index contributed by atoms with van der Waals surface area (Å²) >= 11 is 0. The fourth-order valence-electron chi connectivity index (χ4n) is 2.26. The van der Waals surface area contributed by atoms with Crippen molar-refractivity contribution < 1.29 is 37.5 Å². The Labute approximate surface area is 135 Å². The maximum atomic E-state index is 12.4. The molecule has 0 aliphatic carbocycles. The van der Waals surface area contributed by atoms with Crippen LogP contribution in [0.1, 0.15) is 13.8 Å². The maximum absolute atomic E-state index is 12.4. The third-order valence-electron chi connectivity index (χ3n) is 3.21. The van der Waals surface area contributed by atoms with E-state index in [-0.39, 0.29) is 19.8 Å². The Kier molecular flexibility index (Phi) is 6.16. The van der Waals surface area contributed by atoms with Gasteiger partial charge in [-0.1, -0.05) is 12.2 Å². The molecule has 2 saturated heterocycles. The minimum atomic E-state index is -3.80. The van der Waals surface area contributed by atoms with E-state index in [1.807, 2.05) is 0 Å². The van der Waals surface area contributed by atoms with Gasteiger partial charge < -0.3 is 19.3 Å². The van der Waals surface area contributed by atoms with Crippen molar-refractivity contribution in [3.05, 3.63) is 25.3 Å². The van der Waals surface area contributed by atoms with Crippen LogP contribution in [0.2, 0.25) is 0 Å². The Morgan fingerprint density at radius 3 is 2.30 bits per heavy atom. The van der Waals surface area contributed by atoms with Gasteiger partial charge in [0.1, 0.15) is 18.3 Å². The Morgan fingerprint density at radius 2 is 1.78 bits per heavy atom. The predicted molar refractivity (Wildman–Crippen MR) is 80.6 cm³/mol. The number of aliphatic hydroxyl groups is 1. The molecule has 2 heterocycles. The molecule has 8 nitrogen and oxygen atoms in total. The lowest BCUT2D eigenvalue weighted by Gasteiger charge is -2.24. The lowest BCUT2D eigenvalue weighted by molar-refractivity contribution is -0.218. The van der Waals surface area contributed by atoms with Crippen LogP contribution in [0.25, 0.3) is 0 Å². The fraction of sp³-hybridized carbons (Fsp3) is 0.714. The van der Waals surface area contributed by atoms with Gasteiger partial charge >= 0.3 is 7.82 Å². The summed E-state index contributed by atoms with van der Waals surface area (Å²) in [6, 6.07) is 0. The van der Waals surface area contributed by atoms with Gasteiger partial charge in [-0.05, 0) is 13.8 Å². The van der Waals surface area contributed by atoms with Crippen molar-refractivity contribution >= 4 is 7.82 Å². The molecule has 0 radical (unpaired) electrons. The van der Waals surface area contributed by atoms with Crippen LogP contribution in [-0.2, 0) is 32.3 Å². The molecule has 0 amide bonds. The zero-order chi connectivity index (χ0) is 17.1. The van der Waals surface area contributed by atoms with Crippen LogP contribution in [0.4, 0.5) is 0 Å². The van der Waals surface area contributed by atoms with Crippen LogP contribution in [0, 0.1) is 0 Å². The normalized spacial score (nSPS) is 32.7. The highest BCUT2D eigenvalue weighted by molar-refractivity contribution is 7.48. The molecule has 0 saturated carbocycles. The summed E-state index contributed by atoms with van der Waals surface area (Å²) in [5.74, 6) is -0.822. The second-order valence-corrected chi connectivity index (χ2v) is 7.21. The predicted octanol–water partition coefficient (Wildman–Crippen LogP) is 1.75. The number of hydrogen-bond donors (Lipinski definition) is 1. The first-order valence-electron chi connectivity index (χ1n) is 7.25. The molecular weight excluding hydrogens is 327 g/mol. The number of fused-ring (bicyclic) bond motifs is 1. The second-order valence-electron chi connectivity index (χ2n) is 5.55. The van der Waals surface area contributed by atoms with Crippen molar-refractivity contribution in [2.24, 2.45) is 0 Å². The highest BCUT2D eigenvalue weighted by atomic mass is 31.2. The molecule has 0 aromatic carbocycles. The van der Waals surface area contributed by atoms with E-state index in [2.05, 4.69) is 13.2 Å². The van der Waals surface area contributed by atoms with Gasteiger partial charge in [-0.15, -0.1) is 13.2 Å². The Bertz CT molecular complexity index is 463. The van der Waals surface area contributed by atoms with Gasteiger partial charge in [-0.2, -0.15) is 0 Å². The molecule has 2 aliphatic rings. The Balaban J connectivity index is 1.90. The molecule has 132 valence electrons. The maximum Gasteiger partial charge on any atom is 0.475 e. The minimum Gasteiger partial charge on any atom is -0.387 e. The summed E-state index contributed by atoms with van der Waals surface area (Å²) < 4.78 is 44.3. The van der Waals surface area contributed by atoms with E-state index in [0.29, 0.717) is 0 Å². The van der Waals surface area contributed by atoms with Gasteiger partial charge in [0.2, 0.25) is 0 Å². The second kappa shape index (κ2) is 7.55. The number of phosphoric acid groups is 1. The van der Waals surface area contributed by atoms with Crippen LogP contribution < -0.4 is 0 Å². The summed E-state index contributed by atoms with van der Waals surface area (Å²) in [6.45, 7) is 10.2. The zero-order valence-electron chi connectivity index (χ0n) is 13.3.